The van der Waals surface area contributed by atoms with Gasteiger partial charge in [-0.3, -0.25) is 4.98 Å². The highest BCUT2D eigenvalue weighted by Gasteiger charge is 2.28. The van der Waals surface area contributed by atoms with Gasteiger partial charge in [-0.1, -0.05) is 0 Å². The van der Waals surface area contributed by atoms with Gasteiger partial charge < -0.3 is 15.0 Å². The summed E-state index contributed by atoms with van der Waals surface area (Å²) >= 11 is 0. The number of carbonyl (C=O) groups excluding carboxylic acids is 1. The number of alkyl carbamates (subject to hydrolysis) is 1. The molecule has 0 saturated carbocycles. The van der Waals surface area contributed by atoms with Gasteiger partial charge in [-0.05, 0) is 53.2 Å². The summed E-state index contributed by atoms with van der Waals surface area (Å²) in [7, 11) is 0. The highest BCUT2D eigenvalue weighted by molar-refractivity contribution is 5.68. The Hall–Kier alpha value is -2.70. The van der Waals surface area contributed by atoms with Gasteiger partial charge in [0.2, 0.25) is 0 Å². The molecule has 1 saturated heterocycles. The smallest absolute Gasteiger partial charge is 0.407 e. The first-order chi connectivity index (χ1) is 12.7. The van der Waals surface area contributed by atoms with E-state index in [1.54, 1.807) is 12.4 Å². The van der Waals surface area contributed by atoms with E-state index in [9.17, 15) is 4.79 Å². The van der Waals surface area contributed by atoms with Crippen molar-refractivity contribution in [2.24, 2.45) is 0 Å². The predicted octanol–water partition coefficient (Wildman–Crippen LogP) is 3.26. The molecule has 0 aliphatic carbocycles. The van der Waals surface area contributed by atoms with Crippen LogP contribution in [0.15, 0.2) is 24.5 Å². The summed E-state index contributed by atoms with van der Waals surface area (Å²) in [6.45, 7) is 11.1. The summed E-state index contributed by atoms with van der Waals surface area (Å²) < 4.78 is 5.36. The molecule has 7 heteroatoms. The maximum absolute atomic E-state index is 12.0. The van der Waals surface area contributed by atoms with Crippen molar-refractivity contribution in [3.8, 4) is 11.4 Å². The second kappa shape index (κ2) is 7.50. The molecule has 2 aromatic heterocycles. The number of hydrogen-bond acceptors (Lipinski definition) is 6. The van der Waals surface area contributed by atoms with Crippen LogP contribution in [0.1, 0.15) is 38.4 Å². The van der Waals surface area contributed by atoms with E-state index in [0.29, 0.717) is 12.4 Å². The molecule has 0 spiro atoms. The van der Waals surface area contributed by atoms with Crippen molar-refractivity contribution < 1.29 is 9.53 Å². The fraction of sp³-hybridized carbons (Fsp3) is 0.500. The Morgan fingerprint density at radius 3 is 2.59 bits per heavy atom. The van der Waals surface area contributed by atoms with Crippen LogP contribution < -0.4 is 10.2 Å². The zero-order valence-electron chi connectivity index (χ0n) is 16.6. The highest BCUT2D eigenvalue weighted by atomic mass is 16.6. The van der Waals surface area contributed by atoms with Crippen LogP contribution in [0.25, 0.3) is 11.4 Å². The molecule has 7 nitrogen and oxygen atoms in total. The molecular weight excluding hydrogens is 342 g/mol. The quantitative estimate of drug-likeness (QED) is 0.894. The summed E-state index contributed by atoms with van der Waals surface area (Å²) in [6, 6.07) is 3.86. The summed E-state index contributed by atoms with van der Waals surface area (Å²) in [6.07, 6.45) is 3.96. The monoisotopic (exact) mass is 369 g/mol. The summed E-state index contributed by atoms with van der Waals surface area (Å²) in [5.74, 6) is 1.61. The number of rotatable bonds is 3. The minimum atomic E-state index is -0.498. The normalized spacial score (nSPS) is 17.1. The largest absolute Gasteiger partial charge is 0.444 e. The van der Waals surface area contributed by atoms with E-state index in [-0.39, 0.29) is 12.1 Å². The van der Waals surface area contributed by atoms with Gasteiger partial charge in [0.15, 0.2) is 5.82 Å². The molecule has 1 amide bonds. The molecule has 0 aromatic carbocycles. The van der Waals surface area contributed by atoms with E-state index in [2.05, 4.69) is 20.2 Å². The van der Waals surface area contributed by atoms with Crippen LogP contribution in [-0.2, 0) is 4.74 Å². The van der Waals surface area contributed by atoms with Gasteiger partial charge in [-0.15, -0.1) is 0 Å². The number of nitrogens with one attached hydrogen (secondary N) is 1. The Balaban J connectivity index is 1.75. The summed E-state index contributed by atoms with van der Waals surface area (Å²) in [5.41, 5.74) is 2.46. The average molecular weight is 369 g/mol. The van der Waals surface area contributed by atoms with Crippen molar-refractivity contribution in [3.05, 3.63) is 35.8 Å². The molecule has 3 heterocycles. The van der Waals surface area contributed by atoms with Crippen LogP contribution in [0.5, 0.6) is 0 Å². The standard InChI is InChI=1S/C20H27N5O2/c1-13-14(2)22-17(15-6-9-21-10-7-15)24-18(13)25-11-8-16(12-25)23-19(26)27-20(3,4)5/h6-7,9-10,16H,8,11-12H2,1-5H3,(H,23,26)/t16-/m1/s1. The zero-order valence-corrected chi connectivity index (χ0v) is 16.6. The molecule has 144 valence electrons. The minimum Gasteiger partial charge on any atom is -0.444 e. The van der Waals surface area contributed by atoms with Crippen molar-refractivity contribution in [2.75, 3.05) is 18.0 Å². The number of nitrogens with zero attached hydrogens (tertiary/aromatic N) is 4. The van der Waals surface area contributed by atoms with Gasteiger partial charge in [-0.25, -0.2) is 14.8 Å². The molecular formula is C20H27N5O2. The lowest BCUT2D eigenvalue weighted by atomic mass is 10.2. The second-order valence-electron chi connectivity index (χ2n) is 7.89. The van der Waals surface area contributed by atoms with Crippen molar-refractivity contribution in [3.63, 3.8) is 0 Å². The fourth-order valence-electron chi connectivity index (χ4n) is 3.10. The zero-order chi connectivity index (χ0) is 19.6. The molecule has 1 N–H and O–H groups in total. The SMILES string of the molecule is Cc1nc(-c2ccncc2)nc(N2CC[C@@H](NC(=O)OC(C)(C)C)C2)c1C. The second-order valence-corrected chi connectivity index (χ2v) is 7.89. The van der Waals surface area contributed by atoms with Crippen LogP contribution in [0.3, 0.4) is 0 Å². The molecule has 0 radical (unpaired) electrons. The molecule has 1 fully saturated rings. The van der Waals surface area contributed by atoms with Gasteiger partial charge in [0.1, 0.15) is 11.4 Å². The first-order valence-electron chi connectivity index (χ1n) is 9.23. The molecule has 1 atom stereocenters. The first-order valence-corrected chi connectivity index (χ1v) is 9.23. The van der Waals surface area contributed by atoms with Crippen molar-refractivity contribution in [2.45, 2.75) is 52.7 Å². The molecule has 0 bridgehead atoms. The number of aryl methyl sites for hydroxylation is 1. The van der Waals surface area contributed by atoms with Gasteiger partial charge in [0.05, 0.1) is 6.04 Å². The van der Waals surface area contributed by atoms with E-state index in [1.165, 1.54) is 0 Å². The Kier molecular flexibility index (Phi) is 5.30. The highest BCUT2D eigenvalue weighted by Crippen LogP contribution is 2.27. The predicted molar refractivity (Wildman–Crippen MR) is 105 cm³/mol. The Morgan fingerprint density at radius 2 is 1.93 bits per heavy atom. The lowest BCUT2D eigenvalue weighted by Crippen LogP contribution is -2.40. The number of hydrogen-bond donors (Lipinski definition) is 1. The van der Waals surface area contributed by atoms with Crippen LogP contribution in [0, 0.1) is 13.8 Å². The Morgan fingerprint density at radius 1 is 1.22 bits per heavy atom. The van der Waals surface area contributed by atoms with Crippen molar-refractivity contribution >= 4 is 11.9 Å². The van der Waals surface area contributed by atoms with E-state index in [4.69, 9.17) is 9.72 Å². The van der Waals surface area contributed by atoms with Crippen LogP contribution in [0.2, 0.25) is 0 Å². The topological polar surface area (TPSA) is 80.2 Å². The van der Waals surface area contributed by atoms with Crippen molar-refractivity contribution in [1.82, 2.24) is 20.3 Å². The number of aromatic nitrogens is 3. The van der Waals surface area contributed by atoms with Gasteiger partial charge in [-0.2, -0.15) is 0 Å². The third-order valence-corrected chi connectivity index (χ3v) is 4.51. The van der Waals surface area contributed by atoms with Gasteiger partial charge in [0.25, 0.3) is 0 Å². The minimum absolute atomic E-state index is 0.0406. The molecule has 3 rings (SSSR count). The summed E-state index contributed by atoms with van der Waals surface area (Å²) in [5, 5.41) is 2.96. The molecule has 1 aliphatic heterocycles. The van der Waals surface area contributed by atoms with E-state index in [1.807, 2.05) is 46.8 Å². The Bertz CT molecular complexity index is 817. The summed E-state index contributed by atoms with van der Waals surface area (Å²) in [4.78, 5) is 27.7. The van der Waals surface area contributed by atoms with Crippen LogP contribution >= 0.6 is 0 Å². The van der Waals surface area contributed by atoms with E-state index >= 15 is 0 Å². The fourth-order valence-corrected chi connectivity index (χ4v) is 3.10. The lowest BCUT2D eigenvalue weighted by Gasteiger charge is -2.23. The maximum atomic E-state index is 12.0. The van der Waals surface area contributed by atoms with Crippen LogP contribution in [-0.4, -0.2) is 45.8 Å². The van der Waals surface area contributed by atoms with Crippen LogP contribution in [0.4, 0.5) is 10.6 Å². The molecule has 1 aliphatic rings. The number of amides is 1. The number of anilines is 1. The average Bonchev–Trinajstić information content (AvgIpc) is 3.04. The number of carbonyl (C=O) groups is 1. The van der Waals surface area contributed by atoms with Gasteiger partial charge in [0, 0.05) is 42.3 Å². The van der Waals surface area contributed by atoms with Gasteiger partial charge >= 0.3 is 6.09 Å². The number of pyridine rings is 1. The maximum Gasteiger partial charge on any atom is 0.407 e. The number of ether oxygens (including phenoxy) is 1. The molecule has 0 unspecified atom stereocenters. The molecule has 27 heavy (non-hydrogen) atoms. The van der Waals surface area contributed by atoms with Crippen molar-refractivity contribution in [1.29, 1.82) is 0 Å². The Labute approximate surface area is 160 Å². The third-order valence-electron chi connectivity index (χ3n) is 4.51. The molecule has 2 aromatic rings. The van der Waals surface area contributed by atoms with E-state index < -0.39 is 5.60 Å². The third kappa shape index (κ3) is 4.72. The first kappa shape index (κ1) is 19.1. The van der Waals surface area contributed by atoms with E-state index in [0.717, 1.165) is 35.6 Å². The lowest BCUT2D eigenvalue weighted by molar-refractivity contribution is 0.0509.